The van der Waals surface area contributed by atoms with Crippen molar-refractivity contribution >= 4 is 6.03 Å². The Bertz CT molecular complexity index is 460. The maximum atomic E-state index is 11.6. The van der Waals surface area contributed by atoms with Gasteiger partial charge in [-0.1, -0.05) is 31.5 Å². The Hall–Kier alpha value is -1.55. The molecule has 0 saturated carbocycles. The summed E-state index contributed by atoms with van der Waals surface area (Å²) in [6, 6.07) is 6.22. The van der Waals surface area contributed by atoms with Gasteiger partial charge in [-0.25, -0.2) is 4.79 Å². The Labute approximate surface area is 120 Å². The highest BCUT2D eigenvalue weighted by molar-refractivity contribution is 5.73. The largest absolute Gasteiger partial charge is 0.391 e. The predicted octanol–water partition coefficient (Wildman–Crippen LogP) is 2.14. The van der Waals surface area contributed by atoms with Crippen LogP contribution >= 0.6 is 0 Å². The molecular formula is C16H24N2O2. The number of aliphatic hydroxyl groups is 1. The molecule has 1 aliphatic rings. The number of hydrogen-bond donors (Lipinski definition) is 3. The number of aryl methyl sites for hydroxylation is 2. The number of amides is 2. The average Bonchev–Trinajstić information content (AvgIpc) is 2.90. The number of aliphatic hydroxyl groups excluding tert-OH is 1. The molecule has 2 rings (SSSR count). The molecule has 4 nitrogen and oxygen atoms in total. The molecule has 4 heteroatoms. The van der Waals surface area contributed by atoms with Gasteiger partial charge in [0.25, 0.3) is 0 Å². The van der Waals surface area contributed by atoms with Crippen molar-refractivity contribution in [2.24, 2.45) is 0 Å². The van der Waals surface area contributed by atoms with Crippen LogP contribution < -0.4 is 10.6 Å². The van der Waals surface area contributed by atoms with Crippen LogP contribution in [-0.2, 0) is 19.4 Å². The van der Waals surface area contributed by atoms with Gasteiger partial charge in [0.15, 0.2) is 0 Å². The Morgan fingerprint density at radius 2 is 2.10 bits per heavy atom. The summed E-state index contributed by atoms with van der Waals surface area (Å²) in [6.45, 7) is 2.85. The van der Waals surface area contributed by atoms with E-state index in [2.05, 4.69) is 28.8 Å². The van der Waals surface area contributed by atoms with E-state index in [9.17, 15) is 9.90 Å². The normalized spacial score (nSPS) is 14.7. The summed E-state index contributed by atoms with van der Waals surface area (Å²) in [5.41, 5.74) is 4.00. The van der Waals surface area contributed by atoms with E-state index in [1.165, 1.54) is 24.0 Å². The number of nitrogens with one attached hydrogen (secondary N) is 2. The summed E-state index contributed by atoms with van der Waals surface area (Å²) in [5, 5.41) is 15.1. The molecular weight excluding hydrogens is 252 g/mol. The Morgan fingerprint density at radius 3 is 2.90 bits per heavy atom. The maximum Gasteiger partial charge on any atom is 0.315 e. The molecule has 0 radical (unpaired) electrons. The summed E-state index contributed by atoms with van der Waals surface area (Å²) in [7, 11) is 0. The summed E-state index contributed by atoms with van der Waals surface area (Å²) in [4.78, 5) is 11.6. The van der Waals surface area contributed by atoms with Gasteiger partial charge in [0.2, 0.25) is 0 Å². The van der Waals surface area contributed by atoms with Gasteiger partial charge in [0.05, 0.1) is 6.10 Å². The molecule has 0 bridgehead atoms. The fraction of sp³-hybridized carbons (Fsp3) is 0.562. The molecule has 0 spiro atoms. The molecule has 0 heterocycles. The third-order valence-corrected chi connectivity index (χ3v) is 3.74. The van der Waals surface area contributed by atoms with Gasteiger partial charge in [-0.3, -0.25) is 0 Å². The van der Waals surface area contributed by atoms with Crippen LogP contribution in [0.15, 0.2) is 18.2 Å². The first-order valence-corrected chi connectivity index (χ1v) is 7.49. The van der Waals surface area contributed by atoms with Crippen molar-refractivity contribution in [3.05, 3.63) is 34.9 Å². The van der Waals surface area contributed by atoms with Crippen molar-refractivity contribution in [1.29, 1.82) is 0 Å². The van der Waals surface area contributed by atoms with Gasteiger partial charge in [0, 0.05) is 13.1 Å². The summed E-state index contributed by atoms with van der Waals surface area (Å²) in [6.07, 6.45) is 4.75. The van der Waals surface area contributed by atoms with E-state index in [1.807, 2.05) is 6.92 Å². The molecule has 0 aliphatic heterocycles. The SMILES string of the molecule is CCCC(O)CNC(=O)NCc1ccc2c(c1)CCC2. The summed E-state index contributed by atoms with van der Waals surface area (Å²) >= 11 is 0. The molecule has 1 unspecified atom stereocenters. The van der Waals surface area contributed by atoms with Gasteiger partial charge >= 0.3 is 6.03 Å². The van der Waals surface area contributed by atoms with Crippen LogP contribution in [0.1, 0.15) is 42.9 Å². The first kappa shape index (κ1) is 14.9. The second kappa shape index (κ2) is 7.29. The standard InChI is InChI=1S/C16H24N2O2/c1-2-4-15(19)11-18-16(20)17-10-12-7-8-13-5-3-6-14(13)9-12/h7-9,15,19H,2-6,10-11H2,1H3,(H2,17,18,20). The molecule has 0 saturated heterocycles. The number of hydrogen-bond acceptors (Lipinski definition) is 2. The number of carbonyl (C=O) groups excluding carboxylic acids is 1. The number of benzene rings is 1. The Balaban J connectivity index is 1.73. The van der Waals surface area contributed by atoms with Crippen LogP contribution in [0.25, 0.3) is 0 Å². The Morgan fingerprint density at radius 1 is 1.30 bits per heavy atom. The van der Waals surface area contributed by atoms with E-state index < -0.39 is 6.10 Å². The molecule has 3 N–H and O–H groups in total. The third-order valence-electron chi connectivity index (χ3n) is 3.74. The number of fused-ring (bicyclic) bond motifs is 1. The van der Waals surface area contributed by atoms with Gasteiger partial charge in [-0.15, -0.1) is 0 Å². The van der Waals surface area contributed by atoms with Crippen molar-refractivity contribution in [3.8, 4) is 0 Å². The minimum absolute atomic E-state index is 0.222. The van der Waals surface area contributed by atoms with Crippen molar-refractivity contribution < 1.29 is 9.90 Å². The minimum Gasteiger partial charge on any atom is -0.391 e. The van der Waals surface area contributed by atoms with E-state index in [1.54, 1.807) is 0 Å². The molecule has 1 atom stereocenters. The quantitative estimate of drug-likeness (QED) is 0.745. The molecule has 110 valence electrons. The predicted molar refractivity (Wildman–Crippen MR) is 79.6 cm³/mol. The molecule has 0 fully saturated rings. The monoisotopic (exact) mass is 276 g/mol. The first-order valence-electron chi connectivity index (χ1n) is 7.49. The maximum absolute atomic E-state index is 11.6. The topological polar surface area (TPSA) is 61.4 Å². The smallest absolute Gasteiger partial charge is 0.315 e. The van der Waals surface area contributed by atoms with E-state index in [0.717, 1.165) is 18.4 Å². The van der Waals surface area contributed by atoms with Crippen LogP contribution in [0.5, 0.6) is 0 Å². The number of carbonyl (C=O) groups is 1. The zero-order valence-electron chi connectivity index (χ0n) is 12.1. The van der Waals surface area contributed by atoms with E-state index >= 15 is 0 Å². The average molecular weight is 276 g/mol. The number of rotatable bonds is 6. The van der Waals surface area contributed by atoms with E-state index in [-0.39, 0.29) is 6.03 Å². The van der Waals surface area contributed by atoms with Crippen LogP contribution in [-0.4, -0.2) is 23.8 Å². The summed E-state index contributed by atoms with van der Waals surface area (Å²) in [5.74, 6) is 0. The lowest BCUT2D eigenvalue weighted by molar-refractivity contribution is 0.160. The lowest BCUT2D eigenvalue weighted by atomic mass is 10.1. The van der Waals surface area contributed by atoms with E-state index in [0.29, 0.717) is 19.5 Å². The highest BCUT2D eigenvalue weighted by Gasteiger charge is 2.11. The fourth-order valence-corrected chi connectivity index (χ4v) is 2.63. The van der Waals surface area contributed by atoms with Crippen LogP contribution in [0.4, 0.5) is 4.79 Å². The molecule has 1 aromatic carbocycles. The highest BCUT2D eigenvalue weighted by atomic mass is 16.3. The van der Waals surface area contributed by atoms with Crippen LogP contribution in [0.3, 0.4) is 0 Å². The second-order valence-corrected chi connectivity index (χ2v) is 5.46. The van der Waals surface area contributed by atoms with Crippen molar-refractivity contribution in [2.45, 2.75) is 51.7 Å². The zero-order chi connectivity index (χ0) is 14.4. The molecule has 2 amide bonds. The third kappa shape index (κ3) is 4.23. The molecule has 1 aliphatic carbocycles. The molecule has 1 aromatic rings. The van der Waals surface area contributed by atoms with Crippen molar-refractivity contribution in [2.75, 3.05) is 6.54 Å². The lowest BCUT2D eigenvalue weighted by Crippen LogP contribution is -2.39. The van der Waals surface area contributed by atoms with Crippen molar-refractivity contribution in [1.82, 2.24) is 10.6 Å². The van der Waals surface area contributed by atoms with E-state index in [4.69, 9.17) is 0 Å². The number of urea groups is 1. The lowest BCUT2D eigenvalue weighted by Gasteiger charge is -2.12. The highest BCUT2D eigenvalue weighted by Crippen LogP contribution is 2.22. The summed E-state index contributed by atoms with van der Waals surface area (Å²) < 4.78 is 0. The zero-order valence-corrected chi connectivity index (χ0v) is 12.1. The van der Waals surface area contributed by atoms with Gasteiger partial charge in [0.1, 0.15) is 0 Å². The molecule has 0 aromatic heterocycles. The minimum atomic E-state index is -0.453. The fourth-order valence-electron chi connectivity index (χ4n) is 2.63. The van der Waals surface area contributed by atoms with Gasteiger partial charge in [-0.05, 0) is 42.4 Å². The van der Waals surface area contributed by atoms with Crippen LogP contribution in [0, 0.1) is 0 Å². The van der Waals surface area contributed by atoms with Crippen molar-refractivity contribution in [3.63, 3.8) is 0 Å². The first-order chi connectivity index (χ1) is 9.69. The second-order valence-electron chi connectivity index (χ2n) is 5.46. The molecule has 20 heavy (non-hydrogen) atoms. The van der Waals surface area contributed by atoms with Gasteiger partial charge < -0.3 is 15.7 Å². The Kier molecular flexibility index (Phi) is 5.41. The van der Waals surface area contributed by atoms with Crippen LogP contribution in [0.2, 0.25) is 0 Å². The van der Waals surface area contributed by atoms with Gasteiger partial charge in [-0.2, -0.15) is 0 Å².